The number of amides is 1. The highest BCUT2D eigenvalue weighted by molar-refractivity contribution is 7.13. The van der Waals surface area contributed by atoms with Crippen LogP contribution in [0, 0.1) is 12.8 Å². The Balaban J connectivity index is 2.14. The zero-order valence-electron chi connectivity index (χ0n) is 11.8. The second-order valence-electron chi connectivity index (χ2n) is 4.92. The van der Waals surface area contributed by atoms with Crippen molar-refractivity contribution in [2.45, 2.75) is 26.4 Å². The molecule has 0 aliphatic carbocycles. The standard InChI is InChI=1S/C13H18N2O4S/c1-7-10(20-11(14-7)8(2)19-3)12(16)15-5-4-9(6-15)13(17)18/h8-9H,4-6H2,1-3H3,(H,17,18)/t8-,9+/m1/s1. The predicted molar refractivity (Wildman–Crippen MR) is 73.9 cm³/mol. The first-order chi connectivity index (χ1) is 9.43. The maximum absolute atomic E-state index is 12.4. The molecule has 1 saturated heterocycles. The lowest BCUT2D eigenvalue weighted by molar-refractivity contribution is -0.141. The summed E-state index contributed by atoms with van der Waals surface area (Å²) in [5, 5.41) is 9.75. The molecule has 1 aromatic rings. The summed E-state index contributed by atoms with van der Waals surface area (Å²) in [6.07, 6.45) is 0.367. The summed E-state index contributed by atoms with van der Waals surface area (Å²) in [4.78, 5) is 29.9. The van der Waals surface area contributed by atoms with Crippen LogP contribution in [0.3, 0.4) is 0 Å². The van der Waals surface area contributed by atoms with Crippen molar-refractivity contribution in [2.75, 3.05) is 20.2 Å². The van der Waals surface area contributed by atoms with Gasteiger partial charge in [-0.2, -0.15) is 0 Å². The fourth-order valence-electron chi connectivity index (χ4n) is 2.18. The van der Waals surface area contributed by atoms with Crippen molar-refractivity contribution < 1.29 is 19.4 Å². The van der Waals surface area contributed by atoms with Crippen LogP contribution in [0.25, 0.3) is 0 Å². The maximum Gasteiger partial charge on any atom is 0.308 e. The molecule has 6 nitrogen and oxygen atoms in total. The number of aryl methyl sites for hydroxylation is 1. The number of carboxylic acid groups (broad SMARTS) is 1. The van der Waals surface area contributed by atoms with Crippen LogP contribution in [0.15, 0.2) is 0 Å². The summed E-state index contributed by atoms with van der Waals surface area (Å²) < 4.78 is 5.20. The number of ether oxygens (including phenoxy) is 1. The summed E-state index contributed by atoms with van der Waals surface area (Å²) in [6.45, 7) is 4.44. The molecule has 1 N–H and O–H groups in total. The average molecular weight is 298 g/mol. The Morgan fingerprint density at radius 1 is 1.55 bits per heavy atom. The smallest absolute Gasteiger partial charge is 0.308 e. The molecule has 20 heavy (non-hydrogen) atoms. The van der Waals surface area contributed by atoms with Gasteiger partial charge in [0.25, 0.3) is 5.91 Å². The summed E-state index contributed by atoms with van der Waals surface area (Å²) in [6, 6.07) is 0. The average Bonchev–Trinajstić information content (AvgIpc) is 3.03. The second-order valence-corrected chi connectivity index (χ2v) is 5.95. The number of hydrogen-bond acceptors (Lipinski definition) is 5. The van der Waals surface area contributed by atoms with E-state index in [2.05, 4.69) is 4.98 Å². The van der Waals surface area contributed by atoms with Gasteiger partial charge in [-0.05, 0) is 20.3 Å². The van der Waals surface area contributed by atoms with Crippen LogP contribution >= 0.6 is 11.3 Å². The molecule has 0 unspecified atom stereocenters. The Hall–Kier alpha value is -1.47. The van der Waals surface area contributed by atoms with Crippen molar-refractivity contribution in [2.24, 2.45) is 5.92 Å². The van der Waals surface area contributed by atoms with E-state index in [0.29, 0.717) is 23.5 Å². The van der Waals surface area contributed by atoms with Crippen molar-refractivity contribution in [3.8, 4) is 0 Å². The number of likely N-dealkylation sites (tertiary alicyclic amines) is 1. The second kappa shape index (κ2) is 5.88. The van der Waals surface area contributed by atoms with Gasteiger partial charge in [-0.3, -0.25) is 9.59 Å². The Morgan fingerprint density at radius 2 is 2.25 bits per heavy atom. The Kier molecular flexibility index (Phi) is 4.39. The van der Waals surface area contributed by atoms with Gasteiger partial charge in [-0.15, -0.1) is 11.3 Å². The topological polar surface area (TPSA) is 79.7 Å². The first-order valence-corrected chi connectivity index (χ1v) is 7.28. The fourth-order valence-corrected chi connectivity index (χ4v) is 3.24. The lowest BCUT2D eigenvalue weighted by atomic mass is 10.1. The molecule has 2 heterocycles. The predicted octanol–water partition coefficient (Wildman–Crippen LogP) is 1.71. The molecule has 0 bridgehead atoms. The minimum Gasteiger partial charge on any atom is -0.481 e. The van der Waals surface area contributed by atoms with Crippen LogP contribution in [0.5, 0.6) is 0 Å². The summed E-state index contributed by atoms with van der Waals surface area (Å²) in [5.41, 5.74) is 0.678. The SMILES string of the molecule is CO[C@H](C)c1nc(C)c(C(=O)N2CC[C@H](C(=O)O)C2)s1. The molecule has 0 radical (unpaired) electrons. The number of carbonyl (C=O) groups is 2. The third kappa shape index (κ3) is 2.83. The van der Waals surface area contributed by atoms with E-state index in [4.69, 9.17) is 9.84 Å². The van der Waals surface area contributed by atoms with E-state index in [1.807, 2.05) is 6.92 Å². The van der Waals surface area contributed by atoms with Gasteiger partial charge >= 0.3 is 5.97 Å². The van der Waals surface area contributed by atoms with Crippen molar-refractivity contribution in [1.82, 2.24) is 9.88 Å². The van der Waals surface area contributed by atoms with Crippen LogP contribution in [0.4, 0.5) is 0 Å². The lowest BCUT2D eigenvalue weighted by Crippen LogP contribution is -2.29. The molecule has 1 fully saturated rings. The molecule has 2 rings (SSSR count). The van der Waals surface area contributed by atoms with E-state index in [1.165, 1.54) is 11.3 Å². The number of methoxy groups -OCH3 is 1. The zero-order chi connectivity index (χ0) is 14.9. The van der Waals surface area contributed by atoms with Crippen LogP contribution < -0.4 is 0 Å². The van der Waals surface area contributed by atoms with Crippen LogP contribution in [0.1, 0.15) is 39.8 Å². The zero-order valence-corrected chi connectivity index (χ0v) is 12.6. The van der Waals surface area contributed by atoms with E-state index < -0.39 is 11.9 Å². The summed E-state index contributed by atoms with van der Waals surface area (Å²) in [7, 11) is 1.60. The van der Waals surface area contributed by atoms with E-state index in [-0.39, 0.29) is 18.6 Å². The number of hydrogen-bond donors (Lipinski definition) is 1. The number of rotatable bonds is 4. The van der Waals surface area contributed by atoms with Crippen molar-refractivity contribution in [3.05, 3.63) is 15.6 Å². The normalized spacial score (nSPS) is 20.1. The number of nitrogens with zero attached hydrogens (tertiary/aromatic N) is 2. The third-order valence-electron chi connectivity index (χ3n) is 3.53. The Morgan fingerprint density at radius 3 is 2.80 bits per heavy atom. The summed E-state index contributed by atoms with van der Waals surface area (Å²) in [5.74, 6) is -1.42. The molecular weight excluding hydrogens is 280 g/mol. The van der Waals surface area contributed by atoms with Gasteiger partial charge in [0.15, 0.2) is 0 Å². The van der Waals surface area contributed by atoms with Crippen LogP contribution in [0.2, 0.25) is 0 Å². The highest BCUT2D eigenvalue weighted by atomic mass is 32.1. The van der Waals surface area contributed by atoms with Crippen LogP contribution in [-0.4, -0.2) is 47.1 Å². The Bertz CT molecular complexity index is 528. The number of aromatic nitrogens is 1. The minimum atomic E-state index is -0.838. The molecule has 1 aliphatic rings. The molecule has 0 saturated carbocycles. The molecule has 1 aliphatic heterocycles. The van der Waals surface area contributed by atoms with E-state index in [0.717, 1.165) is 5.01 Å². The van der Waals surface area contributed by atoms with Crippen LogP contribution in [-0.2, 0) is 9.53 Å². The molecule has 0 spiro atoms. The fraction of sp³-hybridized carbons (Fsp3) is 0.615. The quantitative estimate of drug-likeness (QED) is 0.915. The first-order valence-electron chi connectivity index (χ1n) is 6.46. The van der Waals surface area contributed by atoms with Crippen molar-refractivity contribution in [3.63, 3.8) is 0 Å². The van der Waals surface area contributed by atoms with Gasteiger partial charge < -0.3 is 14.7 Å². The van der Waals surface area contributed by atoms with E-state index >= 15 is 0 Å². The van der Waals surface area contributed by atoms with Gasteiger partial charge in [0.05, 0.1) is 11.6 Å². The molecule has 110 valence electrons. The van der Waals surface area contributed by atoms with E-state index in [9.17, 15) is 9.59 Å². The highest BCUT2D eigenvalue weighted by Crippen LogP contribution is 2.28. The Labute approximate surface area is 121 Å². The lowest BCUT2D eigenvalue weighted by Gasteiger charge is -2.14. The van der Waals surface area contributed by atoms with Gasteiger partial charge in [0, 0.05) is 20.2 Å². The maximum atomic E-state index is 12.4. The number of aliphatic carboxylic acids is 1. The molecular formula is C13H18N2O4S. The molecule has 7 heteroatoms. The third-order valence-corrected chi connectivity index (χ3v) is 4.84. The van der Waals surface area contributed by atoms with Gasteiger partial charge in [0.1, 0.15) is 16.0 Å². The van der Waals surface area contributed by atoms with Gasteiger partial charge in [-0.1, -0.05) is 0 Å². The van der Waals surface area contributed by atoms with Crippen molar-refractivity contribution in [1.29, 1.82) is 0 Å². The molecule has 2 atom stereocenters. The molecule has 1 aromatic heterocycles. The number of carboxylic acids is 1. The highest BCUT2D eigenvalue weighted by Gasteiger charge is 2.33. The minimum absolute atomic E-state index is 0.127. The number of thiazole rings is 1. The first kappa shape index (κ1) is 14.9. The van der Waals surface area contributed by atoms with Crippen molar-refractivity contribution >= 4 is 23.2 Å². The largest absolute Gasteiger partial charge is 0.481 e. The van der Waals surface area contributed by atoms with Gasteiger partial charge in [-0.25, -0.2) is 4.98 Å². The van der Waals surface area contributed by atoms with E-state index in [1.54, 1.807) is 18.9 Å². The monoisotopic (exact) mass is 298 g/mol. The summed E-state index contributed by atoms with van der Waals surface area (Å²) >= 11 is 1.32. The molecule has 0 aromatic carbocycles. The van der Waals surface area contributed by atoms with Gasteiger partial charge in [0.2, 0.25) is 0 Å². The number of carbonyl (C=O) groups excluding carboxylic acids is 1. The molecule has 1 amide bonds.